The molecule has 1 aromatic carbocycles. The zero-order valence-corrected chi connectivity index (χ0v) is 12.8. The van der Waals surface area contributed by atoms with Gasteiger partial charge in [-0.15, -0.1) is 0 Å². The van der Waals surface area contributed by atoms with Gasteiger partial charge < -0.3 is 9.74 Å². The molecule has 22 heavy (non-hydrogen) atoms. The second-order valence-electron chi connectivity index (χ2n) is 6.18. The Hall–Kier alpha value is -2.10. The molecule has 0 N–H and O–H groups in total. The number of oxime groups is 1. The number of benzene rings is 1. The van der Waals surface area contributed by atoms with Gasteiger partial charge >= 0.3 is 0 Å². The van der Waals surface area contributed by atoms with Crippen molar-refractivity contribution in [3.05, 3.63) is 46.7 Å². The summed E-state index contributed by atoms with van der Waals surface area (Å²) >= 11 is 0. The van der Waals surface area contributed by atoms with Gasteiger partial charge in [0.25, 0.3) is 0 Å². The van der Waals surface area contributed by atoms with Crippen molar-refractivity contribution in [1.29, 1.82) is 0 Å². The van der Waals surface area contributed by atoms with Crippen molar-refractivity contribution in [2.45, 2.75) is 38.1 Å². The smallest absolute Gasteiger partial charge is 0.166 e. The summed E-state index contributed by atoms with van der Waals surface area (Å²) in [7, 11) is 1.56. The summed E-state index contributed by atoms with van der Waals surface area (Å²) in [5.41, 5.74) is 5.66. The van der Waals surface area contributed by atoms with Crippen LogP contribution in [-0.2, 0) is 16.1 Å². The number of nitrogens with zero attached hydrogens (tertiary/aromatic N) is 2. The fraction of sp³-hybridized carbons (Fsp3) is 0.444. The lowest BCUT2D eigenvalue weighted by Crippen LogP contribution is -2.43. The third kappa shape index (κ3) is 1.97. The SMILES string of the molecule is CO/N=C1\C[C@@H]2c3ccccc3CCN2C2=C1C(=O)CCC2. The van der Waals surface area contributed by atoms with Gasteiger partial charge in [0, 0.05) is 25.1 Å². The number of ketones is 1. The van der Waals surface area contributed by atoms with Crippen LogP contribution in [0.1, 0.15) is 42.9 Å². The zero-order chi connectivity index (χ0) is 15.1. The summed E-state index contributed by atoms with van der Waals surface area (Å²) in [5, 5.41) is 4.19. The first-order valence-electron chi connectivity index (χ1n) is 8.01. The first-order valence-corrected chi connectivity index (χ1v) is 8.01. The zero-order valence-electron chi connectivity index (χ0n) is 12.8. The van der Waals surface area contributed by atoms with E-state index in [1.165, 1.54) is 16.8 Å². The van der Waals surface area contributed by atoms with E-state index < -0.39 is 0 Å². The lowest BCUT2D eigenvalue weighted by molar-refractivity contribution is -0.115. The Kier molecular flexibility index (Phi) is 3.25. The van der Waals surface area contributed by atoms with Crippen molar-refractivity contribution in [3.8, 4) is 0 Å². The lowest BCUT2D eigenvalue weighted by atomic mass is 9.79. The van der Waals surface area contributed by atoms with Gasteiger partial charge in [0.1, 0.15) is 7.11 Å². The van der Waals surface area contributed by atoms with Crippen LogP contribution >= 0.6 is 0 Å². The number of allylic oxidation sites excluding steroid dienone is 2. The van der Waals surface area contributed by atoms with Gasteiger partial charge in [0.2, 0.25) is 0 Å². The van der Waals surface area contributed by atoms with E-state index in [4.69, 9.17) is 4.84 Å². The summed E-state index contributed by atoms with van der Waals surface area (Å²) in [4.78, 5) is 19.9. The molecule has 2 aliphatic heterocycles. The first kappa shape index (κ1) is 13.6. The number of fused-ring (bicyclic) bond motifs is 4. The largest absolute Gasteiger partial charge is 0.399 e. The monoisotopic (exact) mass is 296 g/mol. The van der Waals surface area contributed by atoms with Crippen molar-refractivity contribution >= 4 is 11.5 Å². The fourth-order valence-corrected chi connectivity index (χ4v) is 4.12. The van der Waals surface area contributed by atoms with Crippen LogP contribution < -0.4 is 0 Å². The van der Waals surface area contributed by atoms with E-state index in [0.29, 0.717) is 12.5 Å². The molecule has 1 aromatic rings. The molecule has 0 amide bonds. The maximum atomic E-state index is 12.4. The Balaban J connectivity index is 1.85. The predicted octanol–water partition coefficient (Wildman–Crippen LogP) is 3.00. The van der Waals surface area contributed by atoms with Crippen LogP contribution in [0.3, 0.4) is 0 Å². The van der Waals surface area contributed by atoms with Crippen molar-refractivity contribution in [3.63, 3.8) is 0 Å². The maximum Gasteiger partial charge on any atom is 0.166 e. The fourth-order valence-electron chi connectivity index (χ4n) is 4.12. The summed E-state index contributed by atoms with van der Waals surface area (Å²) < 4.78 is 0. The van der Waals surface area contributed by atoms with E-state index in [9.17, 15) is 4.79 Å². The Morgan fingerprint density at radius 1 is 1.23 bits per heavy atom. The molecule has 0 unspecified atom stereocenters. The van der Waals surface area contributed by atoms with Gasteiger partial charge in [0.15, 0.2) is 5.78 Å². The molecule has 2 heterocycles. The minimum Gasteiger partial charge on any atom is -0.399 e. The molecule has 4 nitrogen and oxygen atoms in total. The highest BCUT2D eigenvalue weighted by atomic mass is 16.6. The molecular weight excluding hydrogens is 276 g/mol. The molecule has 0 bridgehead atoms. The van der Waals surface area contributed by atoms with Gasteiger partial charge in [0.05, 0.1) is 17.3 Å². The lowest BCUT2D eigenvalue weighted by Gasteiger charge is -2.45. The van der Waals surface area contributed by atoms with Gasteiger partial charge in [-0.05, 0) is 30.4 Å². The normalized spacial score (nSPS) is 25.7. The average molecular weight is 296 g/mol. The van der Waals surface area contributed by atoms with Crippen LogP contribution in [0.5, 0.6) is 0 Å². The Bertz CT molecular complexity index is 690. The summed E-state index contributed by atoms with van der Waals surface area (Å²) in [6.45, 7) is 0.994. The molecule has 4 heteroatoms. The number of hydrogen-bond acceptors (Lipinski definition) is 4. The van der Waals surface area contributed by atoms with E-state index in [2.05, 4.69) is 34.3 Å². The van der Waals surface area contributed by atoms with Crippen LogP contribution in [0.25, 0.3) is 0 Å². The molecule has 0 saturated heterocycles. The van der Waals surface area contributed by atoms with E-state index in [1.54, 1.807) is 7.11 Å². The van der Waals surface area contributed by atoms with Crippen molar-refractivity contribution < 1.29 is 9.63 Å². The molecule has 0 saturated carbocycles. The van der Waals surface area contributed by atoms with Crippen LogP contribution in [0.15, 0.2) is 40.7 Å². The van der Waals surface area contributed by atoms with Crippen molar-refractivity contribution in [2.75, 3.05) is 13.7 Å². The molecule has 0 fully saturated rings. The standard InChI is InChI=1S/C18H20N2O2/c1-22-19-14-11-16-13-6-3-2-5-12(13)9-10-20(16)15-7-4-8-17(21)18(14)15/h2-3,5-6,16H,4,7-11H2,1H3/b19-14+/t16-/m1/s1. The van der Waals surface area contributed by atoms with Crippen LogP contribution in [0.2, 0.25) is 0 Å². The third-order valence-electron chi connectivity index (χ3n) is 5.02. The van der Waals surface area contributed by atoms with E-state index in [1.807, 2.05) is 0 Å². The third-order valence-corrected chi connectivity index (χ3v) is 5.02. The average Bonchev–Trinajstić information content (AvgIpc) is 2.55. The molecule has 4 rings (SSSR count). The topological polar surface area (TPSA) is 41.9 Å². The summed E-state index contributed by atoms with van der Waals surface area (Å²) in [6, 6.07) is 8.94. The molecule has 3 aliphatic rings. The summed E-state index contributed by atoms with van der Waals surface area (Å²) in [5.74, 6) is 0.231. The number of carbonyl (C=O) groups excluding carboxylic acids is 1. The van der Waals surface area contributed by atoms with Gasteiger partial charge in [-0.2, -0.15) is 0 Å². The number of carbonyl (C=O) groups is 1. The molecular formula is C18H20N2O2. The van der Waals surface area contributed by atoms with Crippen LogP contribution in [-0.4, -0.2) is 30.0 Å². The Labute approximate surface area is 130 Å². The highest BCUT2D eigenvalue weighted by molar-refractivity contribution is 6.23. The maximum absolute atomic E-state index is 12.4. The van der Waals surface area contributed by atoms with Gasteiger partial charge in [-0.1, -0.05) is 29.4 Å². The van der Waals surface area contributed by atoms with E-state index in [-0.39, 0.29) is 5.78 Å². The number of Topliss-reactive ketones (excluding diaryl/α,β-unsaturated/α-hetero) is 1. The molecule has 1 atom stereocenters. The molecule has 0 aromatic heterocycles. The minimum absolute atomic E-state index is 0.231. The second-order valence-corrected chi connectivity index (χ2v) is 6.18. The Morgan fingerprint density at radius 3 is 2.95 bits per heavy atom. The second kappa shape index (κ2) is 5.27. The molecule has 114 valence electrons. The van der Waals surface area contributed by atoms with E-state index in [0.717, 1.165) is 43.5 Å². The molecule has 1 aliphatic carbocycles. The summed E-state index contributed by atoms with van der Waals surface area (Å²) in [6.07, 6.45) is 4.37. The van der Waals surface area contributed by atoms with Gasteiger partial charge in [-0.25, -0.2) is 0 Å². The predicted molar refractivity (Wildman–Crippen MR) is 84.5 cm³/mol. The van der Waals surface area contributed by atoms with E-state index >= 15 is 0 Å². The highest BCUT2D eigenvalue weighted by Gasteiger charge is 2.40. The minimum atomic E-state index is 0.231. The van der Waals surface area contributed by atoms with Crippen molar-refractivity contribution in [1.82, 2.24) is 4.90 Å². The van der Waals surface area contributed by atoms with Crippen molar-refractivity contribution in [2.24, 2.45) is 5.16 Å². The number of rotatable bonds is 1. The van der Waals surface area contributed by atoms with Gasteiger partial charge in [-0.3, -0.25) is 4.79 Å². The van der Waals surface area contributed by atoms with Crippen LogP contribution in [0.4, 0.5) is 0 Å². The Morgan fingerprint density at radius 2 is 2.09 bits per heavy atom. The quantitative estimate of drug-likeness (QED) is 0.748. The number of hydrogen-bond donors (Lipinski definition) is 0. The molecule has 0 radical (unpaired) electrons. The first-order chi connectivity index (χ1) is 10.8. The highest BCUT2D eigenvalue weighted by Crippen LogP contribution is 2.43. The molecule has 0 spiro atoms. The van der Waals surface area contributed by atoms with Crippen LogP contribution in [0, 0.1) is 0 Å².